The molecule has 0 spiro atoms. The molecule has 1 saturated heterocycles. The molecule has 1 aliphatic heterocycles. The zero-order chi connectivity index (χ0) is 15.4. The largest absolute Gasteiger partial charge is 0.388 e. The van der Waals surface area contributed by atoms with Gasteiger partial charge < -0.3 is 24.8 Å². The summed E-state index contributed by atoms with van der Waals surface area (Å²) in [6, 6.07) is 0. The maximum absolute atomic E-state index is 10.1. The predicted octanol–water partition coefficient (Wildman–Crippen LogP) is 1.58. The summed E-state index contributed by atoms with van der Waals surface area (Å²) in [4.78, 5) is 0. The van der Waals surface area contributed by atoms with Crippen molar-refractivity contribution in [1.82, 2.24) is 0 Å². The average Bonchev–Trinajstić information content (AvgIpc) is 2.49. The normalized spacial score (nSPS) is 44.7. The quantitative estimate of drug-likeness (QED) is 0.718. The highest BCUT2D eigenvalue weighted by Gasteiger charge is 2.44. The molecule has 1 aliphatic carbocycles. The number of hydrogen-bond donors (Lipinski definition) is 3. The molecule has 7 atom stereocenters. The van der Waals surface area contributed by atoms with E-state index in [-0.39, 0.29) is 6.10 Å². The van der Waals surface area contributed by atoms with Gasteiger partial charge in [-0.2, -0.15) is 0 Å². The molecule has 0 unspecified atom stereocenters. The summed E-state index contributed by atoms with van der Waals surface area (Å²) in [7, 11) is 0. The molecule has 0 aromatic rings. The lowest BCUT2D eigenvalue weighted by atomic mass is 9.83. The maximum atomic E-state index is 10.1. The van der Waals surface area contributed by atoms with Gasteiger partial charge in [-0.1, -0.05) is 32.6 Å². The van der Waals surface area contributed by atoms with E-state index in [4.69, 9.17) is 9.47 Å². The van der Waals surface area contributed by atoms with Crippen molar-refractivity contribution in [3.8, 4) is 0 Å². The zero-order valence-electron chi connectivity index (χ0n) is 13.1. The summed E-state index contributed by atoms with van der Waals surface area (Å²) in [6.45, 7) is 3.87. The van der Waals surface area contributed by atoms with E-state index in [0.717, 1.165) is 25.7 Å². The molecule has 0 bridgehead atoms. The minimum Gasteiger partial charge on any atom is -0.388 e. The van der Waals surface area contributed by atoms with Crippen LogP contribution >= 0.6 is 0 Å². The van der Waals surface area contributed by atoms with Crippen LogP contribution < -0.4 is 0 Å². The van der Waals surface area contributed by atoms with Crippen LogP contribution in [0, 0.1) is 5.92 Å². The van der Waals surface area contributed by atoms with Crippen LogP contribution in [-0.4, -0.2) is 52.1 Å². The molecule has 124 valence electrons. The fourth-order valence-corrected chi connectivity index (χ4v) is 3.45. The highest BCUT2D eigenvalue weighted by molar-refractivity contribution is 4.88. The second-order valence-electron chi connectivity index (χ2n) is 6.54. The summed E-state index contributed by atoms with van der Waals surface area (Å²) >= 11 is 0. The first-order chi connectivity index (χ1) is 10.0. The Kier molecular flexibility index (Phi) is 6.44. The number of rotatable bonds is 5. The molecule has 5 heteroatoms. The molecule has 2 aliphatic rings. The molecule has 1 heterocycles. The van der Waals surface area contributed by atoms with Crippen molar-refractivity contribution in [3.05, 3.63) is 0 Å². The smallest absolute Gasteiger partial charge is 0.186 e. The summed E-state index contributed by atoms with van der Waals surface area (Å²) in [5, 5.41) is 29.6. The van der Waals surface area contributed by atoms with E-state index in [0.29, 0.717) is 5.92 Å². The van der Waals surface area contributed by atoms with Crippen LogP contribution in [0.1, 0.15) is 58.8 Å². The fourth-order valence-electron chi connectivity index (χ4n) is 3.45. The topological polar surface area (TPSA) is 79.2 Å². The van der Waals surface area contributed by atoms with Gasteiger partial charge in [-0.15, -0.1) is 0 Å². The van der Waals surface area contributed by atoms with E-state index in [1.165, 1.54) is 19.3 Å². The Balaban J connectivity index is 1.94. The lowest BCUT2D eigenvalue weighted by molar-refractivity contribution is -0.309. The minimum absolute atomic E-state index is 0.0830. The molecule has 1 saturated carbocycles. The monoisotopic (exact) mass is 302 g/mol. The average molecular weight is 302 g/mol. The van der Waals surface area contributed by atoms with E-state index in [1.807, 2.05) is 0 Å². The number of ether oxygens (including phenoxy) is 2. The van der Waals surface area contributed by atoms with Crippen molar-refractivity contribution in [2.45, 2.75) is 95.6 Å². The minimum atomic E-state index is -1.21. The van der Waals surface area contributed by atoms with Gasteiger partial charge in [0.2, 0.25) is 0 Å². The van der Waals surface area contributed by atoms with Crippen LogP contribution in [0.5, 0.6) is 0 Å². The second kappa shape index (κ2) is 7.88. The molecule has 5 nitrogen and oxygen atoms in total. The number of unbranched alkanes of at least 4 members (excludes halogenated alkanes) is 1. The van der Waals surface area contributed by atoms with Crippen molar-refractivity contribution >= 4 is 0 Å². The van der Waals surface area contributed by atoms with Crippen molar-refractivity contribution in [3.63, 3.8) is 0 Å². The Hall–Kier alpha value is -0.200. The number of aliphatic hydroxyl groups excluding tert-OH is 3. The van der Waals surface area contributed by atoms with Crippen LogP contribution in [0.3, 0.4) is 0 Å². The van der Waals surface area contributed by atoms with Crippen LogP contribution in [-0.2, 0) is 9.47 Å². The van der Waals surface area contributed by atoms with Crippen LogP contribution in [0.15, 0.2) is 0 Å². The molecule has 2 fully saturated rings. The molecule has 2 rings (SSSR count). The third-order valence-corrected chi connectivity index (χ3v) is 4.89. The number of hydrogen-bond acceptors (Lipinski definition) is 5. The van der Waals surface area contributed by atoms with Crippen molar-refractivity contribution < 1.29 is 24.8 Å². The van der Waals surface area contributed by atoms with Gasteiger partial charge in [0.1, 0.15) is 18.3 Å². The SMILES string of the molecule is CCCC[C@H]1CCCC[C@H]1O[C@@H]1O[C@@H](C)[C@@H](O)[C@@H](O)[C@@H]1O. The summed E-state index contributed by atoms with van der Waals surface area (Å²) in [6.07, 6.45) is 3.26. The van der Waals surface area contributed by atoms with Gasteiger partial charge in [-0.25, -0.2) is 0 Å². The molecule has 0 aromatic heterocycles. The third kappa shape index (κ3) is 4.17. The lowest BCUT2D eigenvalue weighted by Crippen LogP contribution is -2.58. The van der Waals surface area contributed by atoms with Gasteiger partial charge in [0.15, 0.2) is 6.29 Å². The molecular formula is C16H30O5. The van der Waals surface area contributed by atoms with Gasteiger partial charge in [0, 0.05) is 0 Å². The first-order valence-corrected chi connectivity index (χ1v) is 8.39. The van der Waals surface area contributed by atoms with E-state index >= 15 is 0 Å². The zero-order valence-corrected chi connectivity index (χ0v) is 13.1. The first kappa shape index (κ1) is 17.2. The summed E-state index contributed by atoms with van der Waals surface area (Å²) in [5.74, 6) is 0.508. The Bertz CT molecular complexity index is 311. The molecule has 3 N–H and O–H groups in total. The molecule has 0 aromatic carbocycles. The predicted molar refractivity (Wildman–Crippen MR) is 78.7 cm³/mol. The second-order valence-corrected chi connectivity index (χ2v) is 6.54. The lowest BCUT2D eigenvalue weighted by Gasteiger charge is -2.42. The molecule has 0 amide bonds. The molecule has 21 heavy (non-hydrogen) atoms. The van der Waals surface area contributed by atoms with Gasteiger partial charge in [0.05, 0.1) is 12.2 Å². The molecular weight excluding hydrogens is 272 g/mol. The van der Waals surface area contributed by atoms with Gasteiger partial charge in [0.25, 0.3) is 0 Å². The number of aliphatic hydroxyl groups is 3. The van der Waals surface area contributed by atoms with Gasteiger partial charge >= 0.3 is 0 Å². The van der Waals surface area contributed by atoms with Gasteiger partial charge in [-0.3, -0.25) is 0 Å². The molecule has 0 radical (unpaired) electrons. The highest BCUT2D eigenvalue weighted by atomic mass is 16.7. The fraction of sp³-hybridized carbons (Fsp3) is 1.00. The van der Waals surface area contributed by atoms with Crippen molar-refractivity contribution in [2.24, 2.45) is 5.92 Å². The van der Waals surface area contributed by atoms with Gasteiger partial charge in [-0.05, 0) is 32.1 Å². The Labute approximate surface area is 127 Å². The maximum Gasteiger partial charge on any atom is 0.186 e. The van der Waals surface area contributed by atoms with Crippen LogP contribution in [0.4, 0.5) is 0 Å². The van der Waals surface area contributed by atoms with E-state index in [1.54, 1.807) is 6.92 Å². The van der Waals surface area contributed by atoms with Crippen molar-refractivity contribution in [1.29, 1.82) is 0 Å². The van der Waals surface area contributed by atoms with Crippen LogP contribution in [0.2, 0.25) is 0 Å². The third-order valence-electron chi connectivity index (χ3n) is 4.89. The van der Waals surface area contributed by atoms with Crippen LogP contribution in [0.25, 0.3) is 0 Å². The van der Waals surface area contributed by atoms with E-state index in [9.17, 15) is 15.3 Å². The summed E-state index contributed by atoms with van der Waals surface area (Å²) < 4.78 is 11.6. The highest BCUT2D eigenvalue weighted by Crippen LogP contribution is 2.33. The van der Waals surface area contributed by atoms with E-state index < -0.39 is 30.7 Å². The standard InChI is InChI=1S/C16H30O5/c1-3-4-7-11-8-5-6-9-12(11)21-16-15(19)14(18)13(17)10(2)20-16/h10-19H,3-9H2,1-2H3/t10-,11-,12+,13+,14+,15-,16-/m0/s1. The summed E-state index contributed by atoms with van der Waals surface area (Å²) in [5.41, 5.74) is 0. The Morgan fingerprint density at radius 3 is 2.48 bits per heavy atom. The first-order valence-electron chi connectivity index (χ1n) is 8.39. The Morgan fingerprint density at radius 1 is 1.05 bits per heavy atom. The van der Waals surface area contributed by atoms with E-state index in [2.05, 4.69) is 6.92 Å². The Morgan fingerprint density at radius 2 is 1.76 bits per heavy atom. The van der Waals surface area contributed by atoms with Crippen molar-refractivity contribution in [2.75, 3.05) is 0 Å².